The van der Waals surface area contributed by atoms with Gasteiger partial charge in [0.1, 0.15) is 21.4 Å². The van der Waals surface area contributed by atoms with E-state index in [2.05, 4.69) is 108 Å². The molecule has 1 aliphatic rings. The zero-order valence-electron chi connectivity index (χ0n) is 26.2. The Morgan fingerprint density at radius 1 is 0.894 bits per heavy atom. The molecule has 47 heavy (non-hydrogen) atoms. The lowest BCUT2D eigenvalue weighted by atomic mass is 10.1. The second-order valence-corrected chi connectivity index (χ2v) is 14.9. The van der Waals surface area contributed by atoms with Crippen LogP contribution in [0.4, 0.5) is 5.69 Å². The maximum absolute atomic E-state index is 10.4. The molecule has 9 heteroatoms. The molecule has 5 aromatic carbocycles. The Bertz CT molecular complexity index is 2310. The summed E-state index contributed by atoms with van der Waals surface area (Å²) >= 11 is 10.3. The van der Waals surface area contributed by atoms with Gasteiger partial charge in [-0.25, -0.2) is 8.42 Å². The summed E-state index contributed by atoms with van der Waals surface area (Å²) in [5.74, 6) is 0. The van der Waals surface area contributed by atoms with Crippen LogP contribution in [0.1, 0.15) is 24.4 Å². The Labute approximate surface area is 288 Å². The number of rotatable bonds is 6. The van der Waals surface area contributed by atoms with Gasteiger partial charge in [0, 0.05) is 27.9 Å². The van der Waals surface area contributed by atoms with Crippen molar-refractivity contribution in [1.29, 1.82) is 0 Å². The first-order valence-corrected chi connectivity index (χ1v) is 18.7. The number of allylic oxidation sites excluding steroid dienone is 4. The standard InChI is InChI=1S/C31H26ClN2S2.C7H8O3S/c1-3-33-28(35-26-17-13-21-9-5-7-11-24(21)30(26)33)19-15-23(32)16-20-29-34(4-2)31-25-12-8-6-10-22(25)14-18-27(31)36-29;1-6-2-4-7(5-3-6)11(8,9)10/h5-20H,3-4H2,1-2H3;2-5H,1H3,(H,8,9,10)/q+1;/p-1. The number of fused-ring (bicyclic) bond motifs is 6. The molecule has 0 radical (unpaired) electrons. The largest absolute Gasteiger partial charge is 0.744 e. The van der Waals surface area contributed by atoms with Gasteiger partial charge in [0.15, 0.2) is 0 Å². The molecule has 0 amide bonds. The Balaban J connectivity index is 0.000000300. The van der Waals surface area contributed by atoms with E-state index < -0.39 is 10.1 Å². The first-order chi connectivity index (χ1) is 22.7. The number of anilines is 1. The molecular formula is C38H33ClN2O3S3. The van der Waals surface area contributed by atoms with E-state index in [-0.39, 0.29) is 4.90 Å². The van der Waals surface area contributed by atoms with E-state index in [1.807, 2.05) is 42.2 Å². The van der Waals surface area contributed by atoms with Gasteiger partial charge in [0.25, 0.3) is 5.01 Å². The number of hydrogen-bond donors (Lipinski definition) is 0. The zero-order valence-corrected chi connectivity index (χ0v) is 29.4. The number of nitrogens with zero attached hydrogens (tertiary/aromatic N) is 2. The lowest BCUT2D eigenvalue weighted by molar-refractivity contribution is -0.664. The highest BCUT2D eigenvalue weighted by Crippen LogP contribution is 2.49. The van der Waals surface area contributed by atoms with Gasteiger partial charge in [-0.15, -0.1) is 0 Å². The van der Waals surface area contributed by atoms with E-state index >= 15 is 0 Å². The van der Waals surface area contributed by atoms with Crippen LogP contribution >= 0.6 is 34.7 Å². The molecule has 0 saturated carbocycles. The fourth-order valence-electron chi connectivity index (χ4n) is 5.69. The van der Waals surface area contributed by atoms with Crippen molar-refractivity contribution in [3.8, 4) is 0 Å². The van der Waals surface area contributed by atoms with Crippen LogP contribution in [0.15, 0.2) is 135 Å². The van der Waals surface area contributed by atoms with Crippen LogP contribution in [0.3, 0.4) is 0 Å². The average Bonchev–Trinajstić information content (AvgIpc) is 3.64. The Hall–Kier alpha value is -3.92. The van der Waals surface area contributed by atoms with Crippen molar-refractivity contribution in [2.24, 2.45) is 0 Å². The summed E-state index contributed by atoms with van der Waals surface area (Å²) in [6, 6.07) is 31.9. The minimum absolute atomic E-state index is 0.178. The molecule has 1 aliphatic heterocycles. The van der Waals surface area contributed by atoms with Crippen LogP contribution in [0.25, 0.3) is 37.8 Å². The third-order valence-corrected chi connectivity index (χ3v) is 11.3. The molecule has 0 fully saturated rings. The van der Waals surface area contributed by atoms with E-state index in [4.69, 9.17) is 11.6 Å². The van der Waals surface area contributed by atoms with Crippen LogP contribution in [-0.4, -0.2) is 19.5 Å². The molecule has 0 atom stereocenters. The number of benzene rings is 5. The van der Waals surface area contributed by atoms with Crippen LogP contribution in [-0.2, 0) is 16.7 Å². The van der Waals surface area contributed by atoms with Gasteiger partial charge in [-0.2, -0.15) is 4.57 Å². The predicted octanol–water partition coefficient (Wildman–Crippen LogP) is 10.0. The number of aromatic nitrogens is 1. The Kier molecular flexibility index (Phi) is 9.87. The highest BCUT2D eigenvalue weighted by atomic mass is 35.5. The number of thiazole rings is 1. The normalized spacial score (nSPS) is 14.4. The van der Waals surface area contributed by atoms with Gasteiger partial charge >= 0.3 is 0 Å². The molecule has 0 bridgehead atoms. The molecule has 0 saturated heterocycles. The molecule has 238 valence electrons. The number of hydrogen-bond acceptors (Lipinski definition) is 6. The summed E-state index contributed by atoms with van der Waals surface area (Å²) < 4.78 is 34.8. The summed E-state index contributed by atoms with van der Waals surface area (Å²) in [4.78, 5) is 3.50. The minimum Gasteiger partial charge on any atom is -0.744 e. The summed E-state index contributed by atoms with van der Waals surface area (Å²) in [5, 5.41) is 8.25. The lowest BCUT2D eigenvalue weighted by Crippen LogP contribution is -2.33. The highest BCUT2D eigenvalue weighted by molar-refractivity contribution is 8.03. The van der Waals surface area contributed by atoms with Crippen molar-refractivity contribution in [1.82, 2.24) is 0 Å². The molecular weight excluding hydrogens is 664 g/mol. The molecule has 0 N–H and O–H groups in total. The van der Waals surface area contributed by atoms with Crippen molar-refractivity contribution >= 4 is 88.3 Å². The summed E-state index contributed by atoms with van der Waals surface area (Å²) in [5.41, 5.74) is 3.53. The van der Waals surface area contributed by atoms with Crippen LogP contribution in [0, 0.1) is 6.92 Å². The van der Waals surface area contributed by atoms with Crippen LogP contribution in [0.2, 0.25) is 0 Å². The maximum atomic E-state index is 10.4. The summed E-state index contributed by atoms with van der Waals surface area (Å²) in [6.45, 7) is 8.04. The molecule has 0 aliphatic carbocycles. The molecule has 0 spiro atoms. The molecule has 6 aromatic rings. The summed E-state index contributed by atoms with van der Waals surface area (Å²) in [6.07, 6.45) is 8.30. The maximum Gasteiger partial charge on any atom is 0.262 e. The smallest absolute Gasteiger partial charge is 0.262 e. The van der Waals surface area contributed by atoms with Crippen molar-refractivity contribution in [3.63, 3.8) is 0 Å². The number of thioether (sulfide) groups is 1. The molecule has 5 nitrogen and oxygen atoms in total. The molecule has 2 heterocycles. The van der Waals surface area contributed by atoms with Crippen molar-refractivity contribution in [2.45, 2.75) is 37.1 Å². The zero-order chi connectivity index (χ0) is 33.1. The highest BCUT2D eigenvalue weighted by Gasteiger charge is 2.25. The van der Waals surface area contributed by atoms with E-state index in [1.54, 1.807) is 12.1 Å². The topological polar surface area (TPSA) is 64.3 Å². The van der Waals surface area contributed by atoms with Crippen molar-refractivity contribution in [3.05, 3.63) is 136 Å². The van der Waals surface area contributed by atoms with Gasteiger partial charge in [-0.05, 0) is 80.1 Å². The molecule has 0 unspecified atom stereocenters. The number of halogens is 1. The summed E-state index contributed by atoms with van der Waals surface area (Å²) in [7, 11) is -4.27. The van der Waals surface area contributed by atoms with Crippen molar-refractivity contribution in [2.75, 3.05) is 11.4 Å². The third-order valence-electron chi connectivity index (χ3n) is 7.94. The Morgan fingerprint density at radius 2 is 1.55 bits per heavy atom. The monoisotopic (exact) mass is 696 g/mol. The first-order valence-electron chi connectivity index (χ1n) is 15.3. The van der Waals surface area contributed by atoms with Gasteiger partial charge in [0.05, 0.1) is 21.0 Å². The van der Waals surface area contributed by atoms with Crippen molar-refractivity contribution < 1.29 is 17.5 Å². The minimum atomic E-state index is -4.27. The second kappa shape index (κ2) is 14.1. The quantitative estimate of drug-likeness (QED) is 0.0985. The van der Waals surface area contributed by atoms with Gasteiger partial charge in [-0.3, -0.25) is 0 Å². The third kappa shape index (κ3) is 7.03. The average molecular weight is 697 g/mol. The van der Waals surface area contributed by atoms with Crippen LogP contribution in [0.5, 0.6) is 0 Å². The fourth-order valence-corrected chi connectivity index (χ4v) is 8.57. The predicted molar refractivity (Wildman–Crippen MR) is 198 cm³/mol. The second-order valence-electron chi connectivity index (χ2n) is 11.0. The van der Waals surface area contributed by atoms with E-state index in [0.29, 0.717) is 5.03 Å². The number of aryl methyl sites for hydroxylation is 2. The first kappa shape index (κ1) is 33.0. The SMILES string of the molecule is CCN1/C(=C/C=C(Cl)/C=C/c2sc3ccc4ccccc4c3[n+]2CC)Sc2ccc3ccccc3c21.Cc1ccc(S(=O)(=O)[O-])cc1. The van der Waals surface area contributed by atoms with E-state index in [0.717, 1.165) is 18.7 Å². The molecule has 1 aromatic heterocycles. The van der Waals surface area contributed by atoms with Gasteiger partial charge in [0.2, 0.25) is 5.52 Å². The van der Waals surface area contributed by atoms with Gasteiger partial charge < -0.3 is 9.45 Å². The van der Waals surface area contributed by atoms with E-state index in [1.165, 1.54) is 64.5 Å². The fraction of sp³-hybridized carbons (Fsp3) is 0.132. The molecule has 7 rings (SSSR count). The van der Waals surface area contributed by atoms with E-state index in [9.17, 15) is 13.0 Å². The van der Waals surface area contributed by atoms with Crippen LogP contribution < -0.4 is 9.47 Å². The van der Waals surface area contributed by atoms with Gasteiger partial charge in [-0.1, -0.05) is 107 Å². The lowest BCUT2D eigenvalue weighted by Gasteiger charge is -2.19. The Morgan fingerprint density at radius 3 is 2.23 bits per heavy atom.